The summed E-state index contributed by atoms with van der Waals surface area (Å²) in [5.74, 6) is 0. The summed E-state index contributed by atoms with van der Waals surface area (Å²) in [7, 11) is 0. The van der Waals surface area contributed by atoms with Crippen LogP contribution in [0.2, 0.25) is 15.2 Å². The summed E-state index contributed by atoms with van der Waals surface area (Å²) >= 11 is 19.9. The molecule has 6 rings (SSSR count). The van der Waals surface area contributed by atoms with Gasteiger partial charge in [0.25, 0.3) is 0 Å². The molecule has 0 amide bonds. The van der Waals surface area contributed by atoms with Crippen molar-refractivity contribution in [2.24, 2.45) is 0 Å². The number of nitrogens with zero attached hydrogens (tertiary/aromatic N) is 5. The smallest absolute Gasteiger partial charge is 0.134 e. The van der Waals surface area contributed by atoms with E-state index in [9.17, 15) is 5.26 Å². The normalized spacial score (nSPS) is 16.6. The minimum Gasteiger partial charge on any atom is -0.373 e. The van der Waals surface area contributed by atoms with E-state index in [0.717, 1.165) is 48.4 Å². The van der Waals surface area contributed by atoms with E-state index in [2.05, 4.69) is 74.5 Å². The first kappa shape index (κ1) is 32.2. The molecule has 238 valence electrons. The molecule has 1 saturated heterocycles. The third-order valence-electron chi connectivity index (χ3n) is 8.62. The molecule has 4 heterocycles. The maximum absolute atomic E-state index is 9.99. The summed E-state index contributed by atoms with van der Waals surface area (Å²) in [4.78, 5) is 11.4. The van der Waals surface area contributed by atoms with Gasteiger partial charge in [-0.15, -0.1) is 5.53 Å². The number of hydrazine groups is 2. The summed E-state index contributed by atoms with van der Waals surface area (Å²) in [6, 6.07) is 15.5. The van der Waals surface area contributed by atoms with Crippen molar-refractivity contribution >= 4 is 62.8 Å². The van der Waals surface area contributed by atoms with Gasteiger partial charge in [0.05, 0.1) is 33.5 Å². The van der Waals surface area contributed by atoms with Crippen molar-refractivity contribution in [1.29, 1.82) is 5.26 Å². The number of aromatic nitrogens is 2. The number of aryl methyl sites for hydroxylation is 1. The fraction of sp³-hybridized carbons (Fsp3) is 0.324. The Labute approximate surface area is 284 Å². The van der Waals surface area contributed by atoms with E-state index < -0.39 is 6.04 Å². The quantitative estimate of drug-likeness (QED) is 0.145. The van der Waals surface area contributed by atoms with Gasteiger partial charge in [-0.3, -0.25) is 14.9 Å². The molecule has 2 aromatic carbocycles. The van der Waals surface area contributed by atoms with Crippen molar-refractivity contribution < 1.29 is 0 Å². The first-order valence-electron chi connectivity index (χ1n) is 15.2. The molecule has 9 nitrogen and oxygen atoms in total. The molecule has 0 aliphatic carbocycles. The number of benzene rings is 2. The molecular weight excluding hydrogens is 641 g/mol. The number of hydrogen-bond donors (Lipinski definition) is 4. The second-order valence-corrected chi connectivity index (χ2v) is 13.9. The van der Waals surface area contributed by atoms with Gasteiger partial charge in [0, 0.05) is 70.6 Å². The standard InChI is InChI=1S/C34H36Cl3N9/c1-20-7-8-22(15-27(20)35)41-30-21(17-38)18-40-31-26(30)14-23(16-28(31)36)42-32(25-6-5-11-39-33(25)37)29-19-46(44-43-29)24-9-12-45(13-10-24)34(2,3)4/h5-8,11,14-16,18-19,24,32,42-44H,9-10,12-13H2,1-4H3,(H,40,41)/t32-/m0/s1. The van der Waals surface area contributed by atoms with E-state index in [1.807, 2.05) is 49.4 Å². The number of nitrogens with one attached hydrogen (secondary N) is 4. The van der Waals surface area contributed by atoms with Crippen LogP contribution < -0.4 is 21.6 Å². The number of fused-ring (bicyclic) bond motifs is 1. The van der Waals surface area contributed by atoms with E-state index >= 15 is 0 Å². The van der Waals surface area contributed by atoms with E-state index in [4.69, 9.17) is 34.8 Å². The lowest BCUT2D eigenvalue weighted by Gasteiger charge is -2.42. The topological polar surface area (TPSA) is 104 Å². The highest BCUT2D eigenvalue weighted by atomic mass is 35.5. The Bertz CT molecular complexity index is 1840. The molecule has 4 aromatic rings. The molecule has 0 unspecified atom stereocenters. The van der Waals surface area contributed by atoms with Crippen LogP contribution in [0.15, 0.2) is 66.8 Å². The minimum absolute atomic E-state index is 0.155. The Morgan fingerprint density at radius 1 is 1.02 bits per heavy atom. The molecule has 46 heavy (non-hydrogen) atoms. The van der Waals surface area contributed by atoms with Crippen molar-refractivity contribution in [1.82, 2.24) is 30.8 Å². The molecule has 12 heteroatoms. The van der Waals surface area contributed by atoms with Crippen molar-refractivity contribution in [3.05, 3.63) is 98.6 Å². The molecule has 1 atom stereocenters. The van der Waals surface area contributed by atoms with Gasteiger partial charge in [0.2, 0.25) is 0 Å². The molecule has 1 fully saturated rings. The summed E-state index contributed by atoms with van der Waals surface area (Å²) in [6.45, 7) is 10.8. The fourth-order valence-corrected chi connectivity index (χ4v) is 6.66. The van der Waals surface area contributed by atoms with Gasteiger partial charge in [-0.1, -0.05) is 46.9 Å². The van der Waals surface area contributed by atoms with Gasteiger partial charge in [-0.2, -0.15) is 5.26 Å². The summed E-state index contributed by atoms with van der Waals surface area (Å²) in [6.07, 6.45) is 7.38. The summed E-state index contributed by atoms with van der Waals surface area (Å²) in [5, 5.41) is 21.3. The van der Waals surface area contributed by atoms with E-state index in [1.54, 1.807) is 6.20 Å². The molecule has 0 radical (unpaired) electrons. The summed E-state index contributed by atoms with van der Waals surface area (Å²) in [5.41, 5.74) is 12.5. The van der Waals surface area contributed by atoms with Crippen molar-refractivity contribution in [2.45, 2.75) is 58.2 Å². The molecular formula is C34H36Cl3N9. The number of hydrogen-bond acceptors (Lipinski definition) is 9. The maximum Gasteiger partial charge on any atom is 0.134 e. The third kappa shape index (κ3) is 6.68. The number of rotatable bonds is 7. The zero-order chi connectivity index (χ0) is 32.6. The van der Waals surface area contributed by atoms with E-state index in [0.29, 0.717) is 49.1 Å². The first-order valence-corrected chi connectivity index (χ1v) is 16.3. The Morgan fingerprint density at radius 2 is 1.78 bits per heavy atom. The number of halogens is 3. The highest BCUT2D eigenvalue weighted by Crippen LogP contribution is 2.38. The van der Waals surface area contributed by atoms with Gasteiger partial charge in [-0.25, -0.2) is 4.98 Å². The number of nitriles is 1. The van der Waals surface area contributed by atoms with Crippen molar-refractivity contribution in [3.8, 4) is 6.07 Å². The van der Waals surface area contributed by atoms with Crippen LogP contribution in [0.4, 0.5) is 17.1 Å². The van der Waals surface area contributed by atoms with Crippen LogP contribution in [0.25, 0.3) is 10.9 Å². The van der Waals surface area contributed by atoms with Crippen molar-refractivity contribution in [2.75, 3.05) is 23.7 Å². The lowest BCUT2D eigenvalue weighted by atomic mass is 9.98. The lowest BCUT2D eigenvalue weighted by Crippen LogP contribution is -2.52. The van der Waals surface area contributed by atoms with Crippen LogP contribution in [0.3, 0.4) is 0 Å². The van der Waals surface area contributed by atoms with Gasteiger partial charge < -0.3 is 16.1 Å². The molecule has 2 aliphatic rings. The Morgan fingerprint density at radius 3 is 2.48 bits per heavy atom. The second kappa shape index (κ2) is 13.1. The van der Waals surface area contributed by atoms with Crippen LogP contribution >= 0.6 is 34.8 Å². The van der Waals surface area contributed by atoms with Crippen LogP contribution in [0, 0.1) is 18.3 Å². The SMILES string of the molecule is Cc1ccc(Nc2c(C#N)cnc3c(Cl)cc(N[C@H](C4=CN(C5CCN(C(C)(C)C)CC5)NN4)c4cccnc4Cl)cc23)cc1Cl. The minimum atomic E-state index is -0.402. The van der Waals surface area contributed by atoms with Crippen LogP contribution in [0.5, 0.6) is 0 Å². The molecule has 2 aliphatic heterocycles. The number of pyridine rings is 2. The molecule has 0 bridgehead atoms. The Balaban J connectivity index is 1.35. The average molecular weight is 677 g/mol. The summed E-state index contributed by atoms with van der Waals surface area (Å²) < 4.78 is 0. The second-order valence-electron chi connectivity index (χ2n) is 12.7. The van der Waals surface area contributed by atoms with Gasteiger partial charge in [0.1, 0.15) is 11.2 Å². The number of anilines is 3. The maximum atomic E-state index is 9.99. The Hall–Kier alpha value is -3.78. The fourth-order valence-electron chi connectivity index (χ4n) is 5.98. The van der Waals surface area contributed by atoms with E-state index in [-0.39, 0.29) is 5.54 Å². The lowest BCUT2D eigenvalue weighted by molar-refractivity contribution is 0.0570. The average Bonchev–Trinajstić information content (AvgIpc) is 3.52. The van der Waals surface area contributed by atoms with E-state index in [1.165, 1.54) is 6.20 Å². The Kier molecular flexibility index (Phi) is 9.19. The molecule has 4 N–H and O–H groups in total. The third-order valence-corrected chi connectivity index (χ3v) is 9.63. The highest BCUT2D eigenvalue weighted by molar-refractivity contribution is 6.36. The zero-order valence-electron chi connectivity index (χ0n) is 26.1. The zero-order valence-corrected chi connectivity index (χ0v) is 28.4. The van der Waals surface area contributed by atoms with Gasteiger partial charge >= 0.3 is 0 Å². The van der Waals surface area contributed by atoms with Gasteiger partial charge in [0.15, 0.2) is 0 Å². The van der Waals surface area contributed by atoms with Crippen LogP contribution in [0.1, 0.15) is 56.3 Å². The number of likely N-dealkylation sites (tertiary alicyclic amines) is 1. The van der Waals surface area contributed by atoms with Gasteiger partial charge in [-0.05, 0) is 76.4 Å². The molecule has 2 aromatic heterocycles. The van der Waals surface area contributed by atoms with Crippen LogP contribution in [-0.4, -0.2) is 44.5 Å². The molecule has 0 spiro atoms. The van der Waals surface area contributed by atoms with Crippen LogP contribution in [-0.2, 0) is 0 Å². The highest BCUT2D eigenvalue weighted by Gasteiger charge is 2.32. The first-order chi connectivity index (χ1) is 22.0. The molecule has 0 saturated carbocycles. The number of piperidine rings is 1. The predicted molar refractivity (Wildman–Crippen MR) is 187 cm³/mol. The van der Waals surface area contributed by atoms with Crippen molar-refractivity contribution in [3.63, 3.8) is 0 Å². The monoisotopic (exact) mass is 675 g/mol. The predicted octanol–water partition coefficient (Wildman–Crippen LogP) is 8.10. The largest absolute Gasteiger partial charge is 0.373 e.